The number of nitrogens with zero attached hydrogens (tertiary/aromatic N) is 4. The van der Waals surface area contributed by atoms with Gasteiger partial charge in [-0.15, -0.1) is 0 Å². The van der Waals surface area contributed by atoms with Crippen LogP contribution in [0, 0.1) is 5.92 Å². The molecule has 2 aliphatic rings. The van der Waals surface area contributed by atoms with Gasteiger partial charge in [-0.3, -0.25) is 19.2 Å². The van der Waals surface area contributed by atoms with E-state index in [2.05, 4.69) is 4.90 Å². The molecule has 0 atom stereocenters. The number of hydrogen-bond donors (Lipinski definition) is 1. The topological polar surface area (TPSA) is 93.7 Å². The predicted molar refractivity (Wildman–Crippen MR) is 149 cm³/mol. The van der Waals surface area contributed by atoms with Crippen LogP contribution in [0.15, 0.2) is 48.5 Å². The van der Waals surface area contributed by atoms with Gasteiger partial charge in [-0.05, 0) is 100 Å². The minimum absolute atomic E-state index is 0.0243. The summed E-state index contributed by atoms with van der Waals surface area (Å²) in [5, 5.41) is 4.77. The van der Waals surface area contributed by atoms with Crippen LogP contribution >= 0.6 is 0 Å². The maximum Gasteiger partial charge on any atom is 0.259 e. The zero-order valence-electron chi connectivity index (χ0n) is 22.4. The van der Waals surface area contributed by atoms with E-state index in [0.29, 0.717) is 17.8 Å². The third kappa shape index (κ3) is 5.45. The number of Topliss-reactive ketones (excluding diaryl/α,β-unsaturated/α-hetero) is 1. The Labute approximate surface area is 224 Å². The fourth-order valence-electron chi connectivity index (χ4n) is 5.74. The summed E-state index contributed by atoms with van der Waals surface area (Å²) in [6.07, 6.45) is 5.80. The van der Waals surface area contributed by atoms with Gasteiger partial charge in [0, 0.05) is 48.4 Å². The first kappa shape index (κ1) is 26.0. The molecule has 5 rings (SSSR count). The van der Waals surface area contributed by atoms with Crippen molar-refractivity contribution in [1.29, 1.82) is 0 Å². The number of benzene rings is 2. The first-order valence-corrected chi connectivity index (χ1v) is 13.6. The normalized spacial score (nSPS) is 16.2. The van der Waals surface area contributed by atoms with Crippen molar-refractivity contribution in [3.63, 3.8) is 0 Å². The predicted octanol–water partition coefficient (Wildman–Crippen LogP) is 4.13. The monoisotopic (exact) mass is 515 g/mol. The first-order chi connectivity index (χ1) is 18.4. The van der Waals surface area contributed by atoms with Gasteiger partial charge >= 0.3 is 0 Å². The highest BCUT2D eigenvalue weighted by molar-refractivity contribution is 6.06. The Kier molecular flexibility index (Phi) is 7.79. The number of amides is 1. The second-order valence-corrected chi connectivity index (χ2v) is 10.4. The molecule has 200 valence electrons. The Morgan fingerprint density at radius 3 is 2.34 bits per heavy atom. The van der Waals surface area contributed by atoms with Crippen LogP contribution in [0.1, 0.15) is 57.7 Å². The van der Waals surface area contributed by atoms with Crippen LogP contribution in [0.4, 0.5) is 11.5 Å². The van der Waals surface area contributed by atoms with Gasteiger partial charge in [-0.2, -0.15) is 5.10 Å². The summed E-state index contributed by atoms with van der Waals surface area (Å²) in [6, 6.07) is 14.5. The number of ketones is 1. The number of nitrogen functional groups attached to an aromatic ring is 1. The number of carbonyl (C=O) groups is 2. The fourth-order valence-corrected chi connectivity index (χ4v) is 5.74. The molecule has 8 heteroatoms. The molecule has 0 radical (unpaired) electrons. The summed E-state index contributed by atoms with van der Waals surface area (Å²) in [4.78, 5) is 31.1. The maximum atomic E-state index is 13.8. The van der Waals surface area contributed by atoms with Gasteiger partial charge in [0.15, 0.2) is 5.78 Å². The number of anilines is 2. The molecule has 1 saturated heterocycles. The van der Waals surface area contributed by atoms with E-state index in [1.807, 2.05) is 40.9 Å². The van der Waals surface area contributed by atoms with Crippen LogP contribution in [0.5, 0.6) is 5.75 Å². The molecule has 2 heterocycles. The molecular weight excluding hydrogens is 478 g/mol. The Balaban J connectivity index is 1.27. The molecule has 2 aromatic carbocycles. The average molecular weight is 516 g/mol. The van der Waals surface area contributed by atoms with E-state index in [-0.39, 0.29) is 17.6 Å². The van der Waals surface area contributed by atoms with E-state index < -0.39 is 0 Å². The van der Waals surface area contributed by atoms with Gasteiger partial charge in [0.25, 0.3) is 5.91 Å². The molecule has 1 fully saturated rings. The van der Waals surface area contributed by atoms with Crippen molar-refractivity contribution in [2.45, 2.75) is 38.5 Å². The highest BCUT2D eigenvalue weighted by atomic mass is 16.5. The van der Waals surface area contributed by atoms with Gasteiger partial charge in [-0.25, -0.2) is 0 Å². The minimum atomic E-state index is -0.0362. The minimum Gasteiger partial charge on any atom is -0.497 e. The lowest BCUT2D eigenvalue weighted by Crippen LogP contribution is -2.43. The van der Waals surface area contributed by atoms with Gasteiger partial charge in [0.05, 0.1) is 12.8 Å². The molecule has 1 amide bonds. The Morgan fingerprint density at radius 1 is 1.00 bits per heavy atom. The first-order valence-electron chi connectivity index (χ1n) is 13.6. The lowest BCUT2D eigenvalue weighted by molar-refractivity contribution is 0.0841. The summed E-state index contributed by atoms with van der Waals surface area (Å²) in [6.45, 7) is 2.97. The lowest BCUT2D eigenvalue weighted by Gasteiger charge is -2.33. The van der Waals surface area contributed by atoms with Crippen molar-refractivity contribution in [1.82, 2.24) is 14.7 Å². The molecule has 1 aliphatic heterocycles. The van der Waals surface area contributed by atoms with Gasteiger partial charge < -0.3 is 15.4 Å². The average Bonchev–Trinajstić information content (AvgIpc) is 3.29. The number of ether oxygens (including phenoxy) is 1. The zero-order valence-corrected chi connectivity index (χ0v) is 22.4. The second-order valence-electron chi connectivity index (χ2n) is 10.4. The molecule has 0 unspecified atom stereocenters. The Bertz CT molecular complexity index is 1270. The fraction of sp³-hybridized carbons (Fsp3) is 0.433. The van der Waals surface area contributed by atoms with Crippen LogP contribution in [0.2, 0.25) is 0 Å². The molecule has 2 N–H and O–H groups in total. The summed E-state index contributed by atoms with van der Waals surface area (Å²) < 4.78 is 7.09. The summed E-state index contributed by atoms with van der Waals surface area (Å²) in [5.41, 5.74) is 10.2. The highest BCUT2D eigenvalue weighted by Gasteiger charge is 2.30. The van der Waals surface area contributed by atoms with E-state index in [1.54, 1.807) is 31.4 Å². The third-order valence-electron chi connectivity index (χ3n) is 7.92. The SMILES string of the molecule is COc1ccc(C(=O)C2CCN(CCN(C(=O)c3ccc(N)cc3)c3c4c(nn3C)CCCC4)CC2)cc1. The molecule has 0 bridgehead atoms. The van der Waals surface area contributed by atoms with Crippen molar-refractivity contribution in [3.8, 4) is 5.75 Å². The zero-order chi connectivity index (χ0) is 26.6. The number of aromatic nitrogens is 2. The van der Waals surface area contributed by atoms with Gasteiger partial charge in [0.1, 0.15) is 11.6 Å². The molecule has 8 nitrogen and oxygen atoms in total. The number of piperidine rings is 1. The third-order valence-corrected chi connectivity index (χ3v) is 7.92. The van der Waals surface area contributed by atoms with Crippen molar-refractivity contribution in [3.05, 3.63) is 70.9 Å². The standard InChI is InChI=1S/C30H37N5O3/c1-33-29(26-5-3-4-6-27(26)32-33)35(30(37)23-7-11-24(31)12-8-23)20-19-34-17-15-22(16-18-34)28(36)21-9-13-25(38-2)14-10-21/h7-14,22H,3-6,15-20,31H2,1-2H3. The molecule has 1 aromatic heterocycles. The summed E-state index contributed by atoms with van der Waals surface area (Å²) >= 11 is 0. The number of carbonyl (C=O) groups excluding carboxylic acids is 2. The lowest BCUT2D eigenvalue weighted by atomic mass is 9.89. The van der Waals surface area contributed by atoms with E-state index in [4.69, 9.17) is 15.6 Å². The largest absolute Gasteiger partial charge is 0.497 e. The summed E-state index contributed by atoms with van der Waals surface area (Å²) in [5.74, 6) is 1.85. The van der Waals surface area contributed by atoms with Crippen LogP contribution < -0.4 is 15.4 Å². The van der Waals surface area contributed by atoms with Crippen LogP contribution in [-0.4, -0.2) is 59.7 Å². The molecule has 1 aliphatic carbocycles. The Hall–Kier alpha value is -3.65. The molecular formula is C30H37N5O3. The number of nitrogens with two attached hydrogens (primary N) is 1. The Morgan fingerprint density at radius 2 is 1.66 bits per heavy atom. The molecule has 38 heavy (non-hydrogen) atoms. The second kappa shape index (κ2) is 11.4. The van der Waals surface area contributed by atoms with E-state index in [0.717, 1.165) is 81.0 Å². The van der Waals surface area contributed by atoms with E-state index in [1.165, 1.54) is 5.56 Å². The highest BCUT2D eigenvalue weighted by Crippen LogP contribution is 2.31. The van der Waals surface area contributed by atoms with Crippen molar-refractivity contribution < 1.29 is 14.3 Å². The molecule has 0 saturated carbocycles. The van der Waals surface area contributed by atoms with Crippen molar-refractivity contribution in [2.24, 2.45) is 13.0 Å². The molecule has 0 spiro atoms. The maximum absolute atomic E-state index is 13.8. The summed E-state index contributed by atoms with van der Waals surface area (Å²) in [7, 11) is 3.56. The molecule has 3 aromatic rings. The van der Waals surface area contributed by atoms with Crippen LogP contribution in [0.3, 0.4) is 0 Å². The van der Waals surface area contributed by atoms with E-state index >= 15 is 0 Å². The van der Waals surface area contributed by atoms with Crippen LogP contribution in [0.25, 0.3) is 0 Å². The van der Waals surface area contributed by atoms with Crippen molar-refractivity contribution in [2.75, 3.05) is 43.9 Å². The van der Waals surface area contributed by atoms with E-state index in [9.17, 15) is 9.59 Å². The number of hydrogen-bond acceptors (Lipinski definition) is 6. The number of aryl methyl sites for hydroxylation is 2. The number of rotatable bonds is 8. The smallest absolute Gasteiger partial charge is 0.259 e. The van der Waals surface area contributed by atoms with Crippen molar-refractivity contribution >= 4 is 23.2 Å². The number of likely N-dealkylation sites (tertiary alicyclic amines) is 1. The van der Waals surface area contributed by atoms with Gasteiger partial charge in [0.2, 0.25) is 0 Å². The quantitative estimate of drug-likeness (QED) is 0.358. The van der Waals surface area contributed by atoms with Gasteiger partial charge in [-0.1, -0.05) is 0 Å². The number of fused-ring (bicyclic) bond motifs is 1. The van der Waals surface area contributed by atoms with Crippen LogP contribution in [-0.2, 0) is 19.9 Å². The number of methoxy groups -OCH3 is 1.